The van der Waals surface area contributed by atoms with E-state index in [1.165, 1.54) is 37.1 Å². The van der Waals surface area contributed by atoms with Gasteiger partial charge in [0.25, 0.3) is 0 Å². The van der Waals surface area contributed by atoms with Crippen LogP contribution in [0.4, 0.5) is 13.2 Å². The van der Waals surface area contributed by atoms with Gasteiger partial charge in [0, 0.05) is 31.3 Å². The zero-order chi connectivity index (χ0) is 28.0. The molecule has 1 spiro atoms. The summed E-state index contributed by atoms with van der Waals surface area (Å²) in [6, 6.07) is 8.03. The van der Waals surface area contributed by atoms with Gasteiger partial charge in [-0.05, 0) is 86.4 Å². The van der Waals surface area contributed by atoms with Gasteiger partial charge >= 0.3 is 6.18 Å². The van der Waals surface area contributed by atoms with E-state index in [4.69, 9.17) is 4.74 Å². The molecule has 3 fully saturated rings. The van der Waals surface area contributed by atoms with Crippen molar-refractivity contribution in [2.75, 3.05) is 20.1 Å². The molecule has 2 heterocycles. The minimum absolute atomic E-state index is 0.0425. The van der Waals surface area contributed by atoms with Crippen molar-refractivity contribution >= 4 is 12.0 Å². The van der Waals surface area contributed by atoms with Crippen molar-refractivity contribution < 1.29 is 32.9 Å². The van der Waals surface area contributed by atoms with Crippen molar-refractivity contribution in [1.82, 2.24) is 9.80 Å². The second kappa shape index (κ2) is 8.73. The predicted octanol–water partition coefficient (Wildman–Crippen LogP) is 4.52. The number of nitrogens with zero attached hydrogens (tertiary/aromatic N) is 2. The third-order valence-corrected chi connectivity index (χ3v) is 10.2. The maximum atomic E-state index is 13.4. The smallest absolute Gasteiger partial charge is 0.416 e. The largest absolute Gasteiger partial charge is 0.504 e. The molecule has 1 saturated heterocycles. The lowest BCUT2D eigenvalue weighted by Crippen LogP contribution is -2.78. The summed E-state index contributed by atoms with van der Waals surface area (Å²) >= 11 is 0. The summed E-state index contributed by atoms with van der Waals surface area (Å²) in [5.41, 5.74) is -0.303. The van der Waals surface area contributed by atoms with Gasteiger partial charge in [0.15, 0.2) is 11.5 Å². The minimum atomic E-state index is -4.46. The van der Waals surface area contributed by atoms with Gasteiger partial charge < -0.3 is 19.8 Å². The van der Waals surface area contributed by atoms with E-state index in [1.807, 2.05) is 6.07 Å². The number of halogens is 3. The number of phenols is 1. The van der Waals surface area contributed by atoms with E-state index in [0.717, 1.165) is 36.3 Å². The number of aliphatic hydroxyl groups is 1. The van der Waals surface area contributed by atoms with Crippen molar-refractivity contribution in [2.45, 2.75) is 73.9 Å². The van der Waals surface area contributed by atoms with Crippen LogP contribution in [0.5, 0.6) is 11.5 Å². The lowest BCUT2D eigenvalue weighted by molar-refractivity contribution is -0.200. The van der Waals surface area contributed by atoms with Gasteiger partial charge in [0.05, 0.1) is 22.6 Å². The molecule has 0 aromatic heterocycles. The summed E-state index contributed by atoms with van der Waals surface area (Å²) in [6.45, 7) is 1.80. The van der Waals surface area contributed by atoms with E-state index in [9.17, 15) is 28.2 Å². The fourth-order valence-electron chi connectivity index (χ4n) is 8.12. The van der Waals surface area contributed by atoms with E-state index < -0.39 is 28.9 Å². The van der Waals surface area contributed by atoms with Crippen LogP contribution in [0.1, 0.15) is 54.4 Å². The van der Waals surface area contributed by atoms with E-state index in [1.54, 1.807) is 18.0 Å². The number of rotatable bonds is 5. The monoisotopic (exact) mass is 554 g/mol. The zero-order valence-corrected chi connectivity index (χ0v) is 22.3. The molecule has 2 aromatic rings. The van der Waals surface area contributed by atoms with Crippen LogP contribution in [-0.4, -0.2) is 69.8 Å². The first-order valence-corrected chi connectivity index (χ1v) is 14.1. The molecule has 3 unspecified atom stereocenters. The van der Waals surface area contributed by atoms with Gasteiger partial charge in [0.2, 0.25) is 5.91 Å². The Hall–Kier alpha value is -3.04. The average molecular weight is 555 g/mol. The topological polar surface area (TPSA) is 73.2 Å². The second-order valence-electron chi connectivity index (χ2n) is 12.3. The number of phenolic OH excluding ortho intramolecular Hbond substituents is 1. The zero-order valence-electron chi connectivity index (χ0n) is 22.3. The highest BCUT2D eigenvalue weighted by Crippen LogP contribution is 2.66. The Morgan fingerprint density at radius 2 is 2.00 bits per heavy atom. The molecule has 2 saturated carbocycles. The molecule has 2 aromatic carbocycles. The summed E-state index contributed by atoms with van der Waals surface area (Å²) in [4.78, 5) is 17.4. The van der Waals surface area contributed by atoms with Gasteiger partial charge in [-0.15, -0.1) is 0 Å². The number of hydrogen-bond donors (Lipinski definition) is 2. The molecular weight excluding hydrogens is 521 g/mol. The third-order valence-electron chi connectivity index (χ3n) is 10.2. The first-order valence-electron chi connectivity index (χ1n) is 14.1. The molecular formula is C31H33F3N2O4. The second-order valence-corrected chi connectivity index (χ2v) is 12.3. The van der Waals surface area contributed by atoms with Crippen LogP contribution in [0.15, 0.2) is 42.5 Å². The first-order chi connectivity index (χ1) is 19.0. The Bertz CT molecular complexity index is 1410. The number of benzene rings is 2. The maximum Gasteiger partial charge on any atom is 0.416 e. The van der Waals surface area contributed by atoms with Gasteiger partial charge in [-0.2, -0.15) is 13.2 Å². The molecule has 2 N–H and O–H groups in total. The van der Waals surface area contributed by atoms with Crippen LogP contribution in [0.3, 0.4) is 0 Å². The SMILES string of the molecule is CN(C(=O)C=Cc1cccc(C(F)(F)F)c1)C1CCC2(O)[C@H]3Cc4ccc(O)c5c4[C@@]2(CCN3CC2CC2)C1O5. The van der Waals surface area contributed by atoms with Gasteiger partial charge in [-0.25, -0.2) is 0 Å². The highest BCUT2D eigenvalue weighted by atomic mass is 19.4. The molecule has 40 heavy (non-hydrogen) atoms. The summed E-state index contributed by atoms with van der Waals surface area (Å²) in [6.07, 6.45) is 2.51. The first kappa shape index (κ1) is 25.9. The quantitative estimate of drug-likeness (QED) is 0.532. The Kier molecular flexibility index (Phi) is 5.65. The fourth-order valence-corrected chi connectivity index (χ4v) is 8.12. The van der Waals surface area contributed by atoms with Crippen molar-refractivity contribution in [3.63, 3.8) is 0 Å². The van der Waals surface area contributed by atoms with E-state index >= 15 is 0 Å². The molecule has 1 amide bonds. The highest BCUT2D eigenvalue weighted by molar-refractivity contribution is 5.92. The number of piperidine rings is 1. The van der Waals surface area contributed by atoms with Crippen LogP contribution < -0.4 is 4.74 Å². The van der Waals surface area contributed by atoms with Gasteiger partial charge in [-0.1, -0.05) is 18.2 Å². The number of amides is 1. The number of likely N-dealkylation sites (tertiary alicyclic amines) is 1. The predicted molar refractivity (Wildman–Crippen MR) is 142 cm³/mol. The van der Waals surface area contributed by atoms with Gasteiger partial charge in [-0.3, -0.25) is 9.69 Å². The van der Waals surface area contributed by atoms with Crippen LogP contribution in [0, 0.1) is 5.92 Å². The number of hydrogen-bond acceptors (Lipinski definition) is 5. The van der Waals surface area contributed by atoms with E-state index in [0.29, 0.717) is 37.4 Å². The van der Waals surface area contributed by atoms with Crippen LogP contribution in [0.25, 0.3) is 6.08 Å². The molecule has 3 aliphatic carbocycles. The number of carbonyl (C=O) groups excluding carboxylic acids is 1. The minimum Gasteiger partial charge on any atom is -0.504 e. The van der Waals surface area contributed by atoms with Crippen molar-refractivity contribution in [2.24, 2.45) is 5.92 Å². The number of alkyl halides is 3. The molecule has 7 rings (SSSR count). The molecule has 9 heteroatoms. The number of likely N-dealkylation sites (N-methyl/N-ethyl adjacent to an activating group) is 1. The van der Waals surface area contributed by atoms with E-state index in [2.05, 4.69) is 4.90 Å². The van der Waals surface area contributed by atoms with Crippen molar-refractivity contribution in [3.05, 3.63) is 64.7 Å². The molecule has 6 nitrogen and oxygen atoms in total. The van der Waals surface area contributed by atoms with Gasteiger partial charge in [0.1, 0.15) is 6.10 Å². The van der Waals surface area contributed by atoms with Crippen LogP contribution in [0.2, 0.25) is 0 Å². The maximum absolute atomic E-state index is 13.4. The summed E-state index contributed by atoms with van der Waals surface area (Å²) < 4.78 is 45.9. The lowest BCUT2D eigenvalue weighted by Gasteiger charge is -2.64. The van der Waals surface area contributed by atoms with E-state index in [-0.39, 0.29) is 29.3 Å². The Balaban J connectivity index is 1.21. The molecule has 5 atom stereocenters. The summed E-state index contributed by atoms with van der Waals surface area (Å²) in [5, 5.41) is 23.4. The summed E-state index contributed by atoms with van der Waals surface area (Å²) in [5.74, 6) is 0.795. The lowest BCUT2D eigenvalue weighted by atomic mass is 9.48. The summed E-state index contributed by atoms with van der Waals surface area (Å²) in [7, 11) is 1.68. The highest BCUT2D eigenvalue weighted by Gasteiger charge is 2.73. The van der Waals surface area contributed by atoms with Crippen LogP contribution in [-0.2, 0) is 22.8 Å². The van der Waals surface area contributed by atoms with Crippen molar-refractivity contribution in [3.8, 4) is 11.5 Å². The molecule has 2 bridgehead atoms. The molecule has 0 radical (unpaired) electrons. The number of aromatic hydroxyl groups is 1. The van der Waals surface area contributed by atoms with Crippen molar-refractivity contribution in [1.29, 1.82) is 0 Å². The molecule has 5 aliphatic rings. The number of carbonyl (C=O) groups is 1. The Morgan fingerprint density at radius 3 is 2.75 bits per heavy atom. The molecule has 212 valence electrons. The molecule has 2 aliphatic heterocycles. The Morgan fingerprint density at radius 1 is 1.20 bits per heavy atom. The fraction of sp³-hybridized carbons (Fsp3) is 0.516. The van der Waals surface area contributed by atoms with Crippen LogP contribution >= 0.6 is 0 Å². The third kappa shape index (κ3) is 3.66. The standard InChI is InChI=1S/C31H33F3N2O4/c1-35(25(38)10-7-18-3-2-4-21(15-18)31(32,33)34)22-11-12-30(39)24-16-20-8-9-23(37)27-26(20)29(30,28(22)40-27)13-14-36(24)17-19-5-6-19/h2-4,7-10,15,19,22,24,28,37,39H,5-6,11-14,16-17H2,1H3/t22?,24-,28?,29+,30?/m1/s1. The Labute approximate surface area is 231 Å². The normalized spacial score (nSPS) is 32.6. The number of ether oxygens (including phenoxy) is 1. The average Bonchev–Trinajstić information content (AvgIpc) is 3.66.